The van der Waals surface area contributed by atoms with E-state index in [9.17, 15) is 19.2 Å². The van der Waals surface area contributed by atoms with Gasteiger partial charge in [0.15, 0.2) is 0 Å². The van der Waals surface area contributed by atoms with Crippen LogP contribution in [0.4, 0.5) is 0 Å². The Balaban J connectivity index is -0.000000298. The SMILES string of the molecule is CCCCCCCCCCCSSCCCCCCCCCCC(=O)NC(CCN1C(=O)C=CC1=O)C(=O)NCc1ccncc1.[C-]#N.[C-]#N.[C-]#N.[C-]#N.[C-]#N.[Na+].[Na+].[Na+].[Os+2]. The van der Waals surface area contributed by atoms with Gasteiger partial charge in [-0.25, -0.2) is 0 Å². The zero-order valence-corrected chi connectivity index (χ0v) is 46.4. The number of carbonyl (C=O) groups excluding carboxylic acids is 4. The van der Waals surface area contributed by atoms with E-state index >= 15 is 0 Å². The summed E-state index contributed by atoms with van der Waals surface area (Å²) in [5, 5.41) is 36.9. The first-order valence-corrected chi connectivity index (χ1v) is 21.4. The Labute approximate surface area is 449 Å². The molecule has 1 aliphatic heterocycles. The number of imide groups is 1. The predicted molar refractivity (Wildman–Crippen MR) is 217 cm³/mol. The summed E-state index contributed by atoms with van der Waals surface area (Å²) in [6, 6.07) is 2.78. The first-order valence-electron chi connectivity index (χ1n) is 18.9. The molecule has 13 nitrogen and oxygen atoms in total. The molecule has 19 heteroatoms. The third kappa shape index (κ3) is 47.8. The summed E-state index contributed by atoms with van der Waals surface area (Å²) in [4.78, 5) is 54.6. The number of hydrogen-bond acceptors (Lipinski definition) is 12. The van der Waals surface area contributed by atoms with Crippen molar-refractivity contribution in [2.45, 2.75) is 142 Å². The van der Waals surface area contributed by atoms with Gasteiger partial charge in [-0.1, -0.05) is 118 Å². The van der Waals surface area contributed by atoms with Crippen LogP contribution >= 0.6 is 21.6 Å². The van der Waals surface area contributed by atoms with E-state index in [0.717, 1.165) is 29.7 Å². The number of unbranched alkanes of at least 4 members (excludes halogenated alkanes) is 15. The fourth-order valence-corrected chi connectivity index (χ4v) is 7.65. The number of pyridine rings is 1. The number of amides is 4. The van der Waals surface area contributed by atoms with Crippen LogP contribution in [0.3, 0.4) is 0 Å². The summed E-state index contributed by atoms with van der Waals surface area (Å²) < 4.78 is 0. The number of rotatable bonds is 29. The van der Waals surface area contributed by atoms with Crippen LogP contribution in [0.15, 0.2) is 36.7 Å². The van der Waals surface area contributed by atoms with Crippen LogP contribution < -0.4 is 99.3 Å². The van der Waals surface area contributed by atoms with Crippen LogP contribution in [0.25, 0.3) is 0 Å². The second kappa shape index (κ2) is 64.4. The topological polar surface area (TPSA) is 227 Å². The zero-order chi connectivity index (χ0) is 43.1. The molecule has 2 rings (SSSR count). The Morgan fingerprint density at radius 1 is 0.650 bits per heavy atom. The van der Waals surface area contributed by atoms with Gasteiger partial charge in [0.25, 0.3) is 11.8 Å². The number of nitrogens with zero attached hydrogens (tertiary/aromatic N) is 7. The fourth-order valence-electron chi connectivity index (χ4n) is 5.35. The van der Waals surface area contributed by atoms with Gasteiger partial charge in [0, 0.05) is 55.6 Å². The van der Waals surface area contributed by atoms with Crippen molar-refractivity contribution in [1.82, 2.24) is 20.5 Å². The molecule has 4 amide bonds. The molecule has 0 saturated heterocycles. The molecule has 1 atom stereocenters. The van der Waals surface area contributed by atoms with Crippen molar-refractivity contribution in [2.24, 2.45) is 0 Å². The Kier molecular flexibility index (Phi) is 81.6. The number of aromatic nitrogens is 1. The monoisotopic (exact) mass is 1070 g/mol. The van der Waals surface area contributed by atoms with Gasteiger partial charge < -0.3 is 69.8 Å². The second-order valence-corrected chi connectivity index (χ2v) is 14.9. The number of carbonyl (C=O) groups is 4. The molecule has 0 saturated carbocycles. The van der Waals surface area contributed by atoms with Crippen molar-refractivity contribution in [1.29, 1.82) is 26.3 Å². The molecule has 2 heterocycles. The van der Waals surface area contributed by atoms with E-state index in [4.69, 9.17) is 59.2 Å². The van der Waals surface area contributed by atoms with Crippen LogP contribution in [-0.4, -0.2) is 57.6 Å². The van der Waals surface area contributed by atoms with Crippen molar-refractivity contribution in [2.75, 3.05) is 18.1 Å². The Morgan fingerprint density at radius 3 is 1.45 bits per heavy atom. The van der Waals surface area contributed by atoms with Crippen LogP contribution in [0, 0.1) is 59.2 Å². The van der Waals surface area contributed by atoms with E-state index in [1.165, 1.54) is 114 Å². The minimum atomic E-state index is -0.831. The molecule has 0 radical (unpaired) electrons. The molecule has 0 bridgehead atoms. The molecule has 1 aromatic heterocycles. The molecule has 0 spiro atoms. The molecule has 0 fully saturated rings. The minimum Gasteiger partial charge on any atom is -0.512 e. The quantitative estimate of drug-likeness (QED) is 0.0338. The van der Waals surface area contributed by atoms with Crippen LogP contribution in [0.5, 0.6) is 0 Å². The summed E-state index contributed by atoms with van der Waals surface area (Å²) in [7, 11) is 4.09. The second-order valence-electron chi connectivity index (χ2n) is 12.2. The maximum absolute atomic E-state index is 12.9. The van der Waals surface area contributed by atoms with Gasteiger partial charge in [0.2, 0.25) is 11.8 Å². The normalized spacial score (nSPS) is 10.4. The van der Waals surface area contributed by atoms with Crippen molar-refractivity contribution in [3.8, 4) is 0 Å². The van der Waals surface area contributed by atoms with Crippen LogP contribution in [-0.2, 0) is 45.5 Å². The van der Waals surface area contributed by atoms with E-state index in [0.29, 0.717) is 13.0 Å². The van der Waals surface area contributed by atoms with Gasteiger partial charge in [-0.05, 0) is 43.4 Å². The van der Waals surface area contributed by atoms with Crippen molar-refractivity contribution < 1.29 is 128 Å². The summed E-state index contributed by atoms with van der Waals surface area (Å²) in [5.41, 5.74) is 0.889. The molecule has 0 aliphatic carbocycles. The standard InChI is InChI=1S/C36H58N4O4S2.5CN.3Na.Os/c1-2-3-4-5-6-8-11-14-17-28-45-46-29-18-15-12-9-7-10-13-16-19-33(41)39-32(24-27-40-34(42)20-21-35(40)43)36(44)38-30-31-22-25-37-26-23-31;5*1-2;;;;/h20-23,25-26,32H,2-19,24,27-30H2,1H3,(H,38,44)(H,39,41);;;;;;;;;/q;5*-1;3*+1;+2. The van der Waals surface area contributed by atoms with E-state index in [1.807, 2.05) is 10.8 Å². The minimum absolute atomic E-state index is 0. The van der Waals surface area contributed by atoms with Gasteiger partial charge in [-0.15, -0.1) is 0 Å². The maximum Gasteiger partial charge on any atom is 2.00 e. The van der Waals surface area contributed by atoms with Gasteiger partial charge >= 0.3 is 108 Å². The van der Waals surface area contributed by atoms with Gasteiger partial charge in [0.1, 0.15) is 6.04 Å². The van der Waals surface area contributed by atoms with E-state index < -0.39 is 17.9 Å². The van der Waals surface area contributed by atoms with Crippen molar-refractivity contribution in [3.05, 3.63) is 75.1 Å². The Bertz CT molecular complexity index is 1230. The van der Waals surface area contributed by atoms with E-state index in [1.54, 1.807) is 24.5 Å². The molecule has 1 aliphatic rings. The Morgan fingerprint density at radius 2 is 1.03 bits per heavy atom. The van der Waals surface area contributed by atoms with Crippen LogP contribution in [0.2, 0.25) is 0 Å². The van der Waals surface area contributed by atoms with Crippen LogP contribution in [0.1, 0.15) is 134 Å². The van der Waals surface area contributed by atoms with Gasteiger partial charge in [-0.2, -0.15) is 0 Å². The van der Waals surface area contributed by atoms with Gasteiger partial charge in [-0.3, -0.25) is 29.1 Å². The maximum atomic E-state index is 12.9. The molecule has 60 heavy (non-hydrogen) atoms. The van der Waals surface area contributed by atoms with Crippen molar-refractivity contribution in [3.63, 3.8) is 0 Å². The summed E-state index contributed by atoms with van der Waals surface area (Å²) in [6.45, 7) is 26.4. The molecular weight excluding hydrogens is 1010 g/mol. The van der Waals surface area contributed by atoms with E-state index in [-0.39, 0.29) is 133 Å². The first-order chi connectivity index (χ1) is 27.5. The number of nitrogens with one attached hydrogen (secondary N) is 2. The number of hydrogen-bond donors (Lipinski definition) is 2. The largest absolute Gasteiger partial charge is 2.00 e. The molecule has 0 aromatic carbocycles. The molecule has 1 unspecified atom stereocenters. The summed E-state index contributed by atoms with van der Waals surface area (Å²) in [5.74, 6) is 1.22. The fraction of sp³-hybridized carbons (Fsp3) is 0.610. The summed E-state index contributed by atoms with van der Waals surface area (Å²) in [6.07, 6.45) is 28.0. The van der Waals surface area contributed by atoms with Crippen molar-refractivity contribution >= 4 is 45.2 Å². The summed E-state index contributed by atoms with van der Waals surface area (Å²) >= 11 is 0. The third-order valence-corrected chi connectivity index (χ3v) is 10.8. The zero-order valence-electron chi connectivity index (χ0n) is 36.2. The first kappa shape index (κ1) is 76.1. The predicted octanol–water partition coefficient (Wildman–Crippen LogP) is -0.588. The smallest absolute Gasteiger partial charge is 0.512 e. The average molecular weight is 1060 g/mol. The van der Waals surface area contributed by atoms with Gasteiger partial charge in [0.05, 0.1) is 0 Å². The average Bonchev–Trinajstić information content (AvgIpc) is 3.58. The molecule has 314 valence electrons. The molecular formula is C41H58N9Na3O4OsS2. The Hall–Kier alpha value is -1.24. The third-order valence-electron chi connectivity index (χ3n) is 8.21. The molecule has 1 aromatic rings. The molecule has 2 N–H and O–H groups in total. The van der Waals surface area contributed by atoms with E-state index in [2.05, 4.69) is 33.3 Å².